The zero-order valence-corrected chi connectivity index (χ0v) is 17.2. The van der Waals surface area contributed by atoms with Crippen LogP contribution in [0.5, 0.6) is 0 Å². The number of hydrogen-bond donors (Lipinski definition) is 0. The Labute approximate surface area is 168 Å². The van der Waals surface area contributed by atoms with E-state index >= 15 is 0 Å². The Morgan fingerprint density at radius 3 is 2.54 bits per heavy atom. The van der Waals surface area contributed by atoms with E-state index in [2.05, 4.69) is 47.4 Å². The van der Waals surface area contributed by atoms with Crippen molar-refractivity contribution in [3.63, 3.8) is 0 Å². The van der Waals surface area contributed by atoms with Gasteiger partial charge in [0, 0.05) is 13.1 Å². The number of nitrogens with zero attached hydrogens (tertiary/aromatic N) is 2. The van der Waals surface area contributed by atoms with Crippen LogP contribution in [-0.4, -0.2) is 36.2 Å². The summed E-state index contributed by atoms with van der Waals surface area (Å²) in [5.41, 5.74) is 5.64. The molecule has 0 aliphatic carbocycles. The largest absolute Gasteiger partial charge is 0.443 e. The van der Waals surface area contributed by atoms with Gasteiger partial charge in [0.2, 0.25) is 0 Å². The minimum atomic E-state index is -0.478. The molecule has 0 saturated carbocycles. The van der Waals surface area contributed by atoms with E-state index < -0.39 is 5.60 Å². The highest BCUT2D eigenvalue weighted by atomic mass is 16.6. The predicted octanol–water partition coefficient (Wildman–Crippen LogP) is 5.25. The number of carbonyl (C=O) groups is 1. The Bertz CT molecular complexity index is 863. The average molecular weight is 379 g/mol. The van der Waals surface area contributed by atoms with Crippen molar-refractivity contribution in [1.29, 1.82) is 0 Å². The molecule has 2 aliphatic rings. The number of ether oxygens (including phenoxy) is 1. The van der Waals surface area contributed by atoms with Gasteiger partial charge in [0.25, 0.3) is 0 Å². The fourth-order valence-corrected chi connectivity index (χ4v) is 4.20. The first kappa shape index (κ1) is 19.0. The van der Waals surface area contributed by atoms with E-state index in [9.17, 15) is 4.79 Å². The van der Waals surface area contributed by atoms with Gasteiger partial charge < -0.3 is 4.74 Å². The molecule has 2 aromatic carbocycles. The fourth-order valence-electron chi connectivity index (χ4n) is 4.20. The summed E-state index contributed by atoms with van der Waals surface area (Å²) in [6, 6.07) is 15.2. The molecule has 2 aromatic rings. The van der Waals surface area contributed by atoms with Crippen LogP contribution in [0.4, 0.5) is 10.5 Å². The van der Waals surface area contributed by atoms with Gasteiger partial charge in [0.05, 0.1) is 5.69 Å². The molecule has 2 heterocycles. The maximum Gasteiger partial charge on any atom is 0.414 e. The number of carbonyl (C=O) groups excluding carboxylic acids is 1. The van der Waals surface area contributed by atoms with Crippen LogP contribution in [0.25, 0.3) is 11.1 Å². The van der Waals surface area contributed by atoms with Crippen molar-refractivity contribution >= 4 is 11.8 Å². The van der Waals surface area contributed by atoms with Crippen molar-refractivity contribution in [3.05, 3.63) is 53.6 Å². The van der Waals surface area contributed by atoms with Gasteiger partial charge in [-0.05, 0) is 87.5 Å². The molecule has 1 saturated heterocycles. The lowest BCUT2D eigenvalue weighted by Gasteiger charge is -2.25. The highest BCUT2D eigenvalue weighted by Crippen LogP contribution is 2.34. The van der Waals surface area contributed by atoms with Gasteiger partial charge in [-0.1, -0.05) is 30.3 Å². The van der Waals surface area contributed by atoms with Crippen molar-refractivity contribution in [2.75, 3.05) is 24.5 Å². The van der Waals surface area contributed by atoms with Crippen LogP contribution in [0.15, 0.2) is 42.5 Å². The normalized spacial score (nSPS) is 17.0. The molecule has 4 heteroatoms. The zero-order chi connectivity index (χ0) is 19.7. The first-order chi connectivity index (χ1) is 13.4. The van der Waals surface area contributed by atoms with Crippen molar-refractivity contribution in [1.82, 2.24) is 4.90 Å². The van der Waals surface area contributed by atoms with E-state index in [0.29, 0.717) is 6.54 Å². The lowest BCUT2D eigenvalue weighted by atomic mass is 9.97. The molecule has 0 N–H and O–H groups in total. The maximum absolute atomic E-state index is 12.5. The van der Waals surface area contributed by atoms with Crippen LogP contribution < -0.4 is 4.90 Å². The third-order valence-electron chi connectivity index (χ3n) is 5.51. The van der Waals surface area contributed by atoms with Crippen molar-refractivity contribution in [2.45, 2.75) is 52.2 Å². The molecule has 0 radical (unpaired) electrons. The summed E-state index contributed by atoms with van der Waals surface area (Å²) >= 11 is 0. The van der Waals surface area contributed by atoms with Crippen LogP contribution in [0.2, 0.25) is 0 Å². The maximum atomic E-state index is 12.5. The lowest BCUT2D eigenvalue weighted by molar-refractivity contribution is 0.0584. The van der Waals surface area contributed by atoms with Gasteiger partial charge in [0.15, 0.2) is 0 Å². The highest BCUT2D eigenvalue weighted by Gasteiger charge is 2.29. The summed E-state index contributed by atoms with van der Waals surface area (Å²) in [5.74, 6) is 0. The summed E-state index contributed by atoms with van der Waals surface area (Å²) in [5, 5.41) is 0. The highest BCUT2D eigenvalue weighted by molar-refractivity contribution is 5.91. The van der Waals surface area contributed by atoms with Gasteiger partial charge in [-0.15, -0.1) is 0 Å². The monoisotopic (exact) mass is 378 g/mol. The molecule has 4 rings (SSSR count). The summed E-state index contributed by atoms with van der Waals surface area (Å²) in [7, 11) is 0. The van der Waals surface area contributed by atoms with Crippen molar-refractivity contribution in [2.24, 2.45) is 0 Å². The molecule has 1 amide bonds. The number of anilines is 1. The first-order valence-corrected chi connectivity index (χ1v) is 10.3. The number of amides is 1. The van der Waals surface area contributed by atoms with Gasteiger partial charge in [0.1, 0.15) is 5.60 Å². The quantitative estimate of drug-likeness (QED) is 0.731. The molecular weight excluding hydrogens is 348 g/mol. The van der Waals surface area contributed by atoms with Crippen LogP contribution in [0, 0.1) is 0 Å². The molecule has 0 unspecified atom stereocenters. The van der Waals surface area contributed by atoms with Crippen molar-refractivity contribution < 1.29 is 9.53 Å². The Hall–Kier alpha value is -2.33. The number of likely N-dealkylation sites (tertiary alicyclic amines) is 1. The summed E-state index contributed by atoms with van der Waals surface area (Å²) in [6.45, 7) is 9.81. The molecule has 1 fully saturated rings. The van der Waals surface area contributed by atoms with E-state index in [-0.39, 0.29) is 6.09 Å². The topological polar surface area (TPSA) is 32.8 Å². The molecule has 148 valence electrons. The summed E-state index contributed by atoms with van der Waals surface area (Å²) in [6.07, 6.45) is 3.23. The van der Waals surface area contributed by atoms with Gasteiger partial charge in [-0.25, -0.2) is 4.79 Å². The fraction of sp³-hybridized carbons (Fsp3) is 0.458. The Morgan fingerprint density at radius 1 is 1.04 bits per heavy atom. The lowest BCUT2D eigenvalue weighted by Crippen LogP contribution is -2.35. The number of hydrogen-bond acceptors (Lipinski definition) is 3. The second-order valence-corrected chi connectivity index (χ2v) is 8.87. The van der Waals surface area contributed by atoms with E-state index in [1.54, 1.807) is 4.90 Å². The standard InChI is InChI=1S/C24H30N2O2/c1-24(2,3)28-23(27)26-15-12-19-16-18(10-11-22(19)26)21-9-5-4-8-20(21)17-25-13-6-7-14-25/h4-5,8-11,16H,6-7,12-15,17H2,1-3H3. The van der Waals surface area contributed by atoms with Crippen LogP contribution in [-0.2, 0) is 17.7 Å². The molecule has 0 aromatic heterocycles. The average Bonchev–Trinajstić information content (AvgIpc) is 3.29. The van der Waals surface area contributed by atoms with E-state index in [1.807, 2.05) is 20.8 Å². The minimum Gasteiger partial charge on any atom is -0.443 e. The molecule has 2 aliphatic heterocycles. The third kappa shape index (κ3) is 4.07. The zero-order valence-electron chi connectivity index (χ0n) is 17.2. The number of benzene rings is 2. The predicted molar refractivity (Wildman–Crippen MR) is 114 cm³/mol. The number of rotatable bonds is 3. The molecular formula is C24H30N2O2. The minimum absolute atomic E-state index is 0.256. The molecule has 4 nitrogen and oxygen atoms in total. The smallest absolute Gasteiger partial charge is 0.414 e. The van der Waals surface area contributed by atoms with Gasteiger partial charge in [-0.3, -0.25) is 9.80 Å². The first-order valence-electron chi connectivity index (χ1n) is 10.3. The second kappa shape index (κ2) is 7.59. The van der Waals surface area contributed by atoms with Crippen LogP contribution >= 0.6 is 0 Å². The van der Waals surface area contributed by atoms with Crippen molar-refractivity contribution in [3.8, 4) is 11.1 Å². The summed E-state index contributed by atoms with van der Waals surface area (Å²) < 4.78 is 5.57. The number of fused-ring (bicyclic) bond motifs is 1. The Morgan fingerprint density at radius 2 is 1.79 bits per heavy atom. The third-order valence-corrected chi connectivity index (χ3v) is 5.51. The SMILES string of the molecule is CC(C)(C)OC(=O)N1CCc2cc(-c3ccccc3CN3CCCC3)ccc21. The second-order valence-electron chi connectivity index (χ2n) is 8.87. The summed E-state index contributed by atoms with van der Waals surface area (Å²) in [4.78, 5) is 16.8. The van der Waals surface area contributed by atoms with Gasteiger partial charge >= 0.3 is 6.09 Å². The van der Waals surface area contributed by atoms with Gasteiger partial charge in [-0.2, -0.15) is 0 Å². The van der Waals surface area contributed by atoms with E-state index in [0.717, 1.165) is 18.7 Å². The van der Waals surface area contributed by atoms with E-state index in [1.165, 1.54) is 48.2 Å². The molecule has 0 bridgehead atoms. The van der Waals surface area contributed by atoms with Crippen LogP contribution in [0.3, 0.4) is 0 Å². The molecule has 28 heavy (non-hydrogen) atoms. The molecule has 0 spiro atoms. The molecule has 0 atom stereocenters. The van der Waals surface area contributed by atoms with E-state index in [4.69, 9.17) is 4.74 Å². The van der Waals surface area contributed by atoms with Crippen LogP contribution in [0.1, 0.15) is 44.7 Å². The Kier molecular flexibility index (Phi) is 5.15. The Balaban J connectivity index is 1.58.